The summed E-state index contributed by atoms with van der Waals surface area (Å²) >= 11 is 20.7. The molecule has 2 saturated carbocycles. The number of nitrogens with zero attached hydrogens (tertiary/aromatic N) is 11. The molecule has 4 aromatic carbocycles. The van der Waals surface area contributed by atoms with Crippen molar-refractivity contribution in [3.63, 3.8) is 0 Å². The number of hydrogen-bond donors (Lipinski definition) is 1. The summed E-state index contributed by atoms with van der Waals surface area (Å²) in [6, 6.07) is 31.4. The fourth-order valence-corrected chi connectivity index (χ4v) is 17.2. The molecule has 23 nitrogen and oxygen atoms in total. The van der Waals surface area contributed by atoms with Gasteiger partial charge in [0.25, 0.3) is 17.7 Å². The van der Waals surface area contributed by atoms with E-state index in [4.69, 9.17) is 75.1 Å². The molecule has 0 atom stereocenters. The summed E-state index contributed by atoms with van der Waals surface area (Å²) in [5.74, 6) is 1.15. The van der Waals surface area contributed by atoms with Crippen LogP contribution < -0.4 is 10.1 Å². The monoisotopic (exact) mass is 1870 g/mol. The van der Waals surface area contributed by atoms with Gasteiger partial charge in [-0.2, -0.15) is 0 Å². The molecule has 2 fully saturated rings. The fraction of sp³-hybridized carbons (Fsp3) is 0.473. The standard InChI is InChI=1S/C29H39FN4O3Si.C26H35FN4O3Si.C24H29ClFN3O3Si.C7H5ClO2.C5H11N.CH2Cl2.CH4/c1-32(16-21-5-6-21)18-23-19-33(17-22-7-9-24(30)10-8-22)26-15-31-28-25(27(23)26)11-12-34(29(28)35)37-20-36-13-14-38(2,3)4;1-29(2)16-20-17-30(15-19-6-8-21(27)9-7-19)23-14-28-25-22(24(20)23)10-11-31(26(25)32)34-18-33-12-13-35(3,4)5;1-33(2,3)11-10-31-16-32-29-9-8-20-22-18(12-25)15-28(14-17-4-6-19(26)7-5-17)21(22)13-27-23(20)24(29)30;8-7(9)10-6-4-2-1-3-5-6;1-6-4-5-2-3-5;2-1-3;/h7-10,15,19,21H,5-6,11-14,16-18,20H2,1-4H3;6-9,14,17H,10-13,15-16,18H2,1-5H3;4-7,13,15H,8-12,14,16H2,1-3H3;1-5H;5-6H,2-4H2,1H3;1H2;1H4. The Balaban J connectivity index is 0.000000192. The third-order valence-corrected chi connectivity index (χ3v) is 26.9. The molecule has 15 rings (SSSR count). The van der Waals surface area contributed by atoms with E-state index in [-0.39, 0.29) is 68.3 Å². The summed E-state index contributed by atoms with van der Waals surface area (Å²) in [4.78, 5) is 84.8. The van der Waals surface area contributed by atoms with Crippen molar-refractivity contribution < 1.29 is 65.8 Å². The quantitative estimate of drug-likeness (QED) is 0.0130. The predicted octanol–water partition coefficient (Wildman–Crippen LogP) is 20.1. The highest BCUT2D eigenvalue weighted by molar-refractivity contribution is 6.76. The van der Waals surface area contributed by atoms with Crippen LogP contribution in [-0.2, 0) is 86.6 Å². The first-order valence-electron chi connectivity index (χ1n) is 42.6. The Morgan fingerprint density at radius 2 is 0.825 bits per heavy atom. The maximum Gasteiger partial charge on any atom is 0.409 e. The number of aromatic nitrogens is 6. The average molecular weight is 1870 g/mol. The number of rotatable bonds is 34. The number of fused-ring (bicyclic) bond motifs is 9. The highest BCUT2D eigenvalue weighted by Gasteiger charge is 2.35. The highest BCUT2D eigenvalue weighted by Crippen LogP contribution is 2.37. The minimum atomic E-state index is -1.18. The number of hydrogen-bond acceptors (Lipinski definition) is 17. The molecule has 6 aromatic heterocycles. The minimum absolute atomic E-state index is 0. The summed E-state index contributed by atoms with van der Waals surface area (Å²) in [5, 5.41) is 10.6. The molecule has 2 aliphatic carbocycles. The van der Waals surface area contributed by atoms with Gasteiger partial charge in [0.05, 0.1) is 60.1 Å². The Morgan fingerprint density at radius 1 is 0.492 bits per heavy atom. The third-order valence-electron chi connectivity index (χ3n) is 21.4. The molecule has 3 aliphatic heterocycles. The molecule has 10 aromatic rings. The largest absolute Gasteiger partial charge is 0.415 e. The Bertz CT molecular complexity index is 5170. The Morgan fingerprint density at radius 3 is 1.13 bits per heavy atom. The molecule has 3 amide bonds. The smallest absolute Gasteiger partial charge is 0.409 e. The summed E-state index contributed by atoms with van der Waals surface area (Å²) in [6.07, 6.45) is 19.0. The first kappa shape index (κ1) is 102. The Labute approximate surface area is 763 Å². The number of alkyl halides is 3. The summed E-state index contributed by atoms with van der Waals surface area (Å²) in [6.45, 7) is 29.8. The van der Waals surface area contributed by atoms with Crippen LogP contribution in [0.1, 0.15) is 115 Å². The lowest BCUT2D eigenvalue weighted by Crippen LogP contribution is -2.39. The molecule has 5 aliphatic rings. The molecular weight excluding hydrogens is 1740 g/mol. The van der Waals surface area contributed by atoms with Gasteiger partial charge < -0.3 is 47.8 Å². The van der Waals surface area contributed by atoms with Crippen molar-refractivity contribution in [1.29, 1.82) is 0 Å². The lowest BCUT2D eigenvalue weighted by atomic mass is 9.99. The Kier molecular flexibility index (Phi) is 39.3. The van der Waals surface area contributed by atoms with Crippen LogP contribution >= 0.6 is 46.4 Å². The summed E-state index contributed by atoms with van der Waals surface area (Å²) in [7, 11) is 4.72. The average Bonchev–Trinajstić information content (AvgIpc) is 1.59. The van der Waals surface area contributed by atoms with Crippen molar-refractivity contribution in [2.45, 2.75) is 168 Å². The predicted molar refractivity (Wildman–Crippen MR) is 504 cm³/mol. The van der Waals surface area contributed by atoms with E-state index >= 15 is 0 Å². The minimum Gasteiger partial charge on any atom is -0.415 e. The molecular formula is C93H125Cl4F3N12O11Si3. The van der Waals surface area contributed by atoms with E-state index in [1.54, 1.807) is 67.1 Å². The second kappa shape index (κ2) is 48.6. The van der Waals surface area contributed by atoms with E-state index in [1.807, 2.05) is 50.1 Å². The number of para-hydroxylation sites is 1. The number of hydroxylamine groups is 6. The molecule has 33 heteroatoms. The van der Waals surface area contributed by atoms with Gasteiger partial charge in [0.15, 0.2) is 20.4 Å². The molecule has 0 spiro atoms. The van der Waals surface area contributed by atoms with Crippen LogP contribution in [0.3, 0.4) is 0 Å². The molecule has 0 saturated heterocycles. The van der Waals surface area contributed by atoms with Crippen molar-refractivity contribution in [3.05, 3.63) is 225 Å². The second-order valence-corrected chi connectivity index (χ2v) is 54.1. The van der Waals surface area contributed by atoms with Crippen LogP contribution in [0.15, 0.2) is 140 Å². The highest BCUT2D eigenvalue weighted by atomic mass is 35.5. The number of ether oxygens (including phenoxy) is 4. The van der Waals surface area contributed by atoms with Gasteiger partial charge in [-0.15, -0.1) is 34.8 Å². The lowest BCUT2D eigenvalue weighted by molar-refractivity contribution is -0.195. The van der Waals surface area contributed by atoms with Crippen molar-refractivity contribution in [2.24, 2.45) is 11.8 Å². The lowest BCUT2D eigenvalue weighted by Gasteiger charge is -2.27. The zero-order valence-corrected chi connectivity index (χ0v) is 80.3. The van der Waals surface area contributed by atoms with Crippen LogP contribution in [-0.4, -0.2) is 207 Å². The van der Waals surface area contributed by atoms with Gasteiger partial charge in [-0.05, 0) is 208 Å². The normalized spacial score (nSPS) is 14.4. The molecule has 0 radical (unpaired) electrons. The van der Waals surface area contributed by atoms with E-state index in [2.05, 4.69) is 122 Å². The van der Waals surface area contributed by atoms with E-state index < -0.39 is 29.7 Å². The maximum absolute atomic E-state index is 13.5. The SMILES string of the molecule is C.CN(C)Cc1cn(Cc2ccc(F)cc2)c2cnc3c(c12)CCN(OCOCC[Si](C)(C)C)C3=O.CN(Cc1cn(Cc2ccc(F)cc2)c2cnc3c(c12)CCN(OCOCC[Si](C)(C)C)C3=O)CC1CC1.CNCC1CC1.C[Si](C)(C)CCOCON1CCc2c(ncc3c2c(CCl)cn3Cc2ccc(F)cc2)C1=O.ClCCl.O=C(Cl)Oc1ccccc1. The van der Waals surface area contributed by atoms with Crippen LogP contribution in [0.5, 0.6) is 5.75 Å². The second-order valence-electron chi connectivity index (χ2n) is 35.9. The first-order chi connectivity index (χ1) is 59.7. The van der Waals surface area contributed by atoms with Crippen LogP contribution in [0, 0.1) is 29.3 Å². The number of halogens is 7. The molecule has 126 heavy (non-hydrogen) atoms. The fourth-order valence-electron chi connectivity index (χ4n) is 14.6. The molecule has 684 valence electrons. The van der Waals surface area contributed by atoms with Crippen molar-refractivity contribution in [3.8, 4) is 5.75 Å². The van der Waals surface area contributed by atoms with Gasteiger partial charge in [0.2, 0.25) is 0 Å². The van der Waals surface area contributed by atoms with E-state index in [0.717, 1.165) is 127 Å². The van der Waals surface area contributed by atoms with Crippen molar-refractivity contribution >= 4 is 126 Å². The molecule has 0 bridgehead atoms. The number of nitrogens with one attached hydrogen (secondary N) is 1. The third kappa shape index (κ3) is 31.2. The van der Waals surface area contributed by atoms with Gasteiger partial charge >= 0.3 is 5.43 Å². The van der Waals surface area contributed by atoms with Crippen molar-refractivity contribution in [2.75, 3.05) is 106 Å². The molecule has 1 N–H and O–H groups in total. The number of pyridine rings is 3. The van der Waals surface area contributed by atoms with Crippen molar-refractivity contribution in [1.82, 2.24) is 59.0 Å². The maximum atomic E-state index is 13.5. The number of amides is 3. The molecule has 9 heterocycles. The van der Waals surface area contributed by atoms with Crippen LogP contribution in [0.4, 0.5) is 18.0 Å². The van der Waals surface area contributed by atoms with E-state index in [1.165, 1.54) is 89.4 Å². The number of carbonyl (C=O) groups is 4. The van der Waals surface area contributed by atoms with Gasteiger partial charge in [-0.1, -0.05) is 121 Å². The first-order valence-corrected chi connectivity index (χ1v) is 55.7. The zero-order valence-electron chi connectivity index (χ0n) is 74.3. The summed E-state index contributed by atoms with van der Waals surface area (Å²) in [5.41, 5.74) is 12.5. The van der Waals surface area contributed by atoms with Crippen LogP contribution in [0.25, 0.3) is 32.7 Å². The van der Waals surface area contributed by atoms with Gasteiger partial charge in [0, 0.05) is 136 Å². The van der Waals surface area contributed by atoms with Gasteiger partial charge in [-0.25, -0.2) is 62.6 Å². The molecule has 0 unspecified atom stereocenters. The van der Waals surface area contributed by atoms with E-state index in [9.17, 15) is 32.3 Å². The number of benzene rings is 4. The van der Waals surface area contributed by atoms with Gasteiger partial charge in [-0.3, -0.25) is 14.4 Å². The summed E-state index contributed by atoms with van der Waals surface area (Å²) < 4.78 is 67.9. The zero-order chi connectivity index (χ0) is 90.1. The van der Waals surface area contributed by atoms with Gasteiger partial charge in [0.1, 0.15) is 40.3 Å². The topological polar surface area (TPSA) is 215 Å². The number of carbonyl (C=O) groups excluding carboxylic acids is 4. The van der Waals surface area contributed by atoms with Crippen LogP contribution in [0.2, 0.25) is 77.1 Å². The Hall–Kier alpha value is -7.93. The van der Waals surface area contributed by atoms with E-state index in [0.29, 0.717) is 107 Å².